The molecular weight excluding hydrogens is 1160 g/mol. The van der Waals surface area contributed by atoms with Gasteiger partial charge in [-0.1, -0.05) is 0 Å². The van der Waals surface area contributed by atoms with Crippen LogP contribution in [0.25, 0.3) is 0 Å². The zero-order chi connectivity index (χ0) is 64.4. The van der Waals surface area contributed by atoms with Crippen molar-refractivity contribution in [3.8, 4) is 0 Å². The van der Waals surface area contributed by atoms with Gasteiger partial charge in [0.1, 0.15) is 103 Å². The first-order valence-electron chi connectivity index (χ1n) is 27.7. The molecule has 36 heteroatoms. The molecule has 0 aromatic rings. The largest absolute Gasteiger partial charge is 0.477 e. The van der Waals surface area contributed by atoms with Crippen LogP contribution in [-0.2, 0) is 76.4 Å². The maximum atomic E-state index is 14.5. The van der Waals surface area contributed by atoms with Gasteiger partial charge in [0, 0.05) is 40.3 Å². The fourth-order valence-corrected chi connectivity index (χ4v) is 10.8. The van der Waals surface area contributed by atoms with Gasteiger partial charge in [0.2, 0.25) is 53.2 Å². The number of carbonyl (C=O) groups excluding carboxylic acids is 9. The van der Waals surface area contributed by atoms with Gasteiger partial charge in [-0.05, 0) is 46.5 Å². The summed E-state index contributed by atoms with van der Waals surface area (Å²) >= 11 is 0. The molecule has 36 nitrogen and oxygen atoms in total. The predicted molar refractivity (Wildman–Crippen MR) is 280 cm³/mol. The van der Waals surface area contributed by atoms with Crippen molar-refractivity contribution in [3.05, 3.63) is 0 Å². The van der Waals surface area contributed by atoms with Crippen molar-refractivity contribution < 1.29 is 133 Å². The Labute approximate surface area is 491 Å². The van der Waals surface area contributed by atoms with E-state index in [9.17, 15) is 104 Å². The molecule has 5 aliphatic heterocycles. The Morgan fingerprint density at radius 1 is 0.674 bits per heavy atom. The summed E-state index contributed by atoms with van der Waals surface area (Å²) in [7, 11) is 0. The molecule has 0 aromatic heterocycles. The lowest BCUT2D eigenvalue weighted by Gasteiger charge is -2.51. The monoisotopic (exact) mass is 1240 g/mol. The van der Waals surface area contributed by atoms with Crippen LogP contribution in [0.5, 0.6) is 0 Å². The number of carboxylic acids is 1. The first-order valence-corrected chi connectivity index (χ1v) is 27.7. The van der Waals surface area contributed by atoms with Gasteiger partial charge in [-0.2, -0.15) is 0 Å². The highest BCUT2D eigenvalue weighted by Crippen LogP contribution is 2.39. The summed E-state index contributed by atoms with van der Waals surface area (Å²) in [6.07, 6.45) is -29.2. The number of primary amides is 1. The average Bonchev–Trinajstić information content (AvgIpc) is 1.04. The van der Waals surface area contributed by atoms with Crippen LogP contribution in [0.4, 0.5) is 0 Å². The SMILES string of the molecule is CC(=O)NC(CO)C(=O)NC(C(=O)NC(C)C(=O)N1CCCC1C(=O)N1CCCC1C(=O)NC(C)C(N)=O)C(C)O[C@@H]1OC(CO)[C@H](O)[C@H](O[C@@H]2OC(CO)[C@H](O)[C@H](O[C@]3(C(=O)O)C[C@H](O)[C@@H](NC(C)=O)C([C@H](O)[C@H](O)CO)O3)C2O)C1NC(C)=O. The van der Waals surface area contributed by atoms with Crippen LogP contribution in [0, 0.1) is 0 Å². The second kappa shape index (κ2) is 30.8. The number of nitrogens with one attached hydrogen (secondary N) is 6. The number of hydrogen-bond donors (Lipinski definition) is 18. The van der Waals surface area contributed by atoms with Crippen molar-refractivity contribution in [3.63, 3.8) is 0 Å². The highest BCUT2D eigenvalue weighted by molar-refractivity contribution is 5.97. The fraction of sp³-hybridized carbons (Fsp3) is 0.800. The van der Waals surface area contributed by atoms with Gasteiger partial charge >= 0.3 is 5.97 Å². The standard InChI is InChI=1S/C50H81N9O27/c1-18(41(51)73)52-43(75)25-9-7-11-58(25)46(78)26-10-8-12-59(26)45(77)19(2)53-44(76)31(57-42(74)24(14-60)54-21(4)64)20(3)81-47-33(56-23(6)66)38(35(70)29(16-62)82-47)84-48-37(72)40(36(71)30(17-63)83-48)86-50(49(79)80)13-27(67)32(55-22(5)65)39(85-50)34(69)28(68)15-61/h18-20,24-40,47-48,60-63,67-72H,7-17H2,1-6H3,(H2,51,73)(H,52,75)(H,53,76)(H,54,64)(H,55,65)(H,56,66)(H,57,74)(H,79,80)/t18?,19?,20?,24?,25?,26?,27-,28+,29?,30?,31?,32+,33?,34+,35-,36-,37?,38+,39?,40-,47+,48-,50-/m0/s1. The van der Waals surface area contributed by atoms with Crippen LogP contribution in [0.1, 0.15) is 73.6 Å². The maximum Gasteiger partial charge on any atom is 0.364 e. The van der Waals surface area contributed by atoms with Gasteiger partial charge in [0.25, 0.3) is 5.79 Å². The Balaban J connectivity index is 1.44. The van der Waals surface area contributed by atoms with Crippen LogP contribution in [0.3, 0.4) is 0 Å². The minimum absolute atomic E-state index is 0.0302. The fourth-order valence-electron chi connectivity index (χ4n) is 10.8. The third kappa shape index (κ3) is 16.6. The molecule has 19 N–H and O–H groups in total. The molecule has 0 bridgehead atoms. The number of hydrogen-bond acceptors (Lipinski definition) is 26. The molecule has 0 radical (unpaired) electrons. The lowest BCUT2D eigenvalue weighted by Crippen LogP contribution is -2.71. The Hall–Kier alpha value is -5.94. The van der Waals surface area contributed by atoms with Crippen LogP contribution < -0.4 is 37.6 Å². The van der Waals surface area contributed by atoms with E-state index >= 15 is 0 Å². The summed E-state index contributed by atoms with van der Waals surface area (Å²) in [5, 5.41) is 133. The molecule has 0 spiro atoms. The minimum atomic E-state index is -3.22. The summed E-state index contributed by atoms with van der Waals surface area (Å²) in [6, 6.07) is -11.8. The van der Waals surface area contributed by atoms with Crippen molar-refractivity contribution in [1.29, 1.82) is 0 Å². The molecule has 0 aromatic carbocycles. The average molecular weight is 1240 g/mol. The molecule has 86 heavy (non-hydrogen) atoms. The molecule has 5 heterocycles. The molecule has 9 amide bonds. The van der Waals surface area contributed by atoms with E-state index in [1.54, 1.807) is 0 Å². The van der Waals surface area contributed by atoms with E-state index in [0.29, 0.717) is 12.8 Å². The molecular formula is C50H81N9O27. The predicted octanol–water partition coefficient (Wildman–Crippen LogP) is -11.2. The molecule has 488 valence electrons. The first kappa shape index (κ1) is 70.8. The third-order valence-electron chi connectivity index (χ3n) is 15.3. The Kier molecular flexibility index (Phi) is 25.4. The third-order valence-corrected chi connectivity index (χ3v) is 15.3. The summed E-state index contributed by atoms with van der Waals surface area (Å²) < 4.78 is 35.2. The summed E-state index contributed by atoms with van der Waals surface area (Å²) in [6.45, 7) is 2.57. The maximum absolute atomic E-state index is 14.5. The number of amides is 9. The molecule has 0 aliphatic carbocycles. The number of ether oxygens (including phenoxy) is 6. The zero-order valence-corrected chi connectivity index (χ0v) is 47.9. The molecule has 5 fully saturated rings. The highest BCUT2D eigenvalue weighted by Gasteiger charge is 2.61. The quantitative estimate of drug-likeness (QED) is 0.0382. The smallest absolute Gasteiger partial charge is 0.364 e. The van der Waals surface area contributed by atoms with Crippen molar-refractivity contribution in [2.75, 3.05) is 39.5 Å². The normalized spacial score (nSPS) is 33.6. The molecule has 5 aliphatic rings. The number of rotatable bonds is 26. The highest BCUT2D eigenvalue weighted by atomic mass is 16.8. The molecule has 5 saturated heterocycles. The molecule has 23 atom stereocenters. The van der Waals surface area contributed by atoms with E-state index in [-0.39, 0.29) is 25.9 Å². The molecule has 12 unspecified atom stereocenters. The van der Waals surface area contributed by atoms with Crippen LogP contribution in [0.15, 0.2) is 0 Å². The van der Waals surface area contributed by atoms with E-state index < -0.39 is 232 Å². The lowest BCUT2D eigenvalue weighted by atomic mass is 9.88. The van der Waals surface area contributed by atoms with Crippen molar-refractivity contribution >= 4 is 59.1 Å². The molecule has 5 rings (SSSR count). The van der Waals surface area contributed by atoms with Gasteiger partial charge in [-0.25, -0.2) is 4.79 Å². The first-order chi connectivity index (χ1) is 40.4. The van der Waals surface area contributed by atoms with E-state index in [1.807, 2.05) is 0 Å². The second-order valence-corrected chi connectivity index (χ2v) is 21.7. The number of aliphatic hydroxyl groups excluding tert-OH is 10. The van der Waals surface area contributed by atoms with Gasteiger partial charge in [0.15, 0.2) is 12.6 Å². The Morgan fingerprint density at radius 3 is 1.79 bits per heavy atom. The van der Waals surface area contributed by atoms with Crippen LogP contribution in [0.2, 0.25) is 0 Å². The number of aliphatic hydroxyl groups is 10. The van der Waals surface area contributed by atoms with Gasteiger partial charge < -0.3 is 132 Å². The van der Waals surface area contributed by atoms with E-state index in [4.69, 9.17) is 34.2 Å². The number of carboxylic acid groups (broad SMARTS) is 1. The summed E-state index contributed by atoms with van der Waals surface area (Å²) in [5.41, 5.74) is 5.31. The van der Waals surface area contributed by atoms with Crippen LogP contribution >= 0.6 is 0 Å². The molecule has 0 saturated carbocycles. The van der Waals surface area contributed by atoms with Crippen molar-refractivity contribution in [1.82, 2.24) is 41.7 Å². The zero-order valence-electron chi connectivity index (χ0n) is 47.9. The second-order valence-electron chi connectivity index (χ2n) is 21.7. The number of aliphatic carboxylic acids is 1. The Morgan fingerprint density at radius 2 is 1.24 bits per heavy atom. The van der Waals surface area contributed by atoms with Crippen molar-refractivity contribution in [2.24, 2.45) is 5.73 Å². The Bertz CT molecular complexity index is 2430. The number of carbonyl (C=O) groups is 10. The lowest BCUT2D eigenvalue weighted by molar-refractivity contribution is -0.382. The summed E-state index contributed by atoms with van der Waals surface area (Å²) in [4.78, 5) is 134. The van der Waals surface area contributed by atoms with E-state index in [1.165, 1.54) is 23.6 Å². The van der Waals surface area contributed by atoms with Crippen molar-refractivity contribution in [2.45, 2.75) is 214 Å². The number of nitrogens with zero attached hydrogens (tertiary/aromatic N) is 2. The van der Waals surface area contributed by atoms with Gasteiger partial charge in [-0.15, -0.1) is 0 Å². The topological polar surface area (TPSA) is 553 Å². The van der Waals surface area contributed by atoms with E-state index in [2.05, 4.69) is 31.9 Å². The minimum Gasteiger partial charge on any atom is -0.477 e. The van der Waals surface area contributed by atoms with Crippen LogP contribution in [-0.4, -0.2) is 305 Å². The van der Waals surface area contributed by atoms with Gasteiger partial charge in [-0.3, -0.25) is 43.2 Å². The van der Waals surface area contributed by atoms with Gasteiger partial charge in [0.05, 0.1) is 44.7 Å². The summed E-state index contributed by atoms with van der Waals surface area (Å²) in [5.74, 6) is -13.0. The van der Waals surface area contributed by atoms with E-state index in [0.717, 1.165) is 27.7 Å². The number of likely N-dealkylation sites (tertiary alicyclic amines) is 2. The number of nitrogens with two attached hydrogens (primary N) is 1.